The number of carbonyl (C=O) groups excluding carboxylic acids is 1. The number of benzene rings is 1. The monoisotopic (exact) mass is 307 g/mol. The van der Waals surface area contributed by atoms with Crippen molar-refractivity contribution in [3.8, 4) is 5.75 Å². The maximum Gasteiger partial charge on any atom is 0.254 e. The van der Waals surface area contributed by atoms with E-state index in [1.807, 2.05) is 37.8 Å². The second kappa shape index (κ2) is 6.67. The van der Waals surface area contributed by atoms with Crippen LogP contribution in [0.25, 0.3) is 0 Å². The number of hydrogen-bond acceptors (Lipinski definition) is 4. The van der Waals surface area contributed by atoms with Gasteiger partial charge in [-0.15, -0.1) is 0 Å². The molecule has 122 valence electrons. The summed E-state index contributed by atoms with van der Waals surface area (Å²) in [4.78, 5) is 14.6. The van der Waals surface area contributed by atoms with Crippen molar-refractivity contribution in [1.29, 1.82) is 0 Å². The molecule has 1 atom stereocenters. The van der Waals surface area contributed by atoms with Gasteiger partial charge in [0.1, 0.15) is 5.75 Å². The van der Waals surface area contributed by atoms with Crippen LogP contribution in [0.5, 0.6) is 5.75 Å². The summed E-state index contributed by atoms with van der Waals surface area (Å²) in [6.07, 6.45) is -0.106. The van der Waals surface area contributed by atoms with Crippen LogP contribution in [0.2, 0.25) is 0 Å². The summed E-state index contributed by atoms with van der Waals surface area (Å²) in [5.74, 6) is 0.725. The fraction of sp³-hybridized carbons (Fsp3) is 0.588. The summed E-state index contributed by atoms with van der Waals surface area (Å²) in [6.45, 7) is 7.51. The molecule has 5 nitrogen and oxygen atoms in total. The normalized spacial score (nSPS) is 20.8. The summed E-state index contributed by atoms with van der Waals surface area (Å²) in [5.41, 5.74) is 1.27. The second-order valence-electron chi connectivity index (χ2n) is 6.32. The van der Waals surface area contributed by atoms with Crippen molar-refractivity contribution in [3.63, 3.8) is 0 Å². The van der Waals surface area contributed by atoms with Crippen LogP contribution in [0, 0.1) is 6.92 Å². The van der Waals surface area contributed by atoms with E-state index >= 15 is 0 Å². The highest BCUT2D eigenvalue weighted by Crippen LogP contribution is 2.25. The van der Waals surface area contributed by atoms with Crippen molar-refractivity contribution >= 4 is 5.91 Å². The molecule has 0 spiro atoms. The van der Waals surface area contributed by atoms with E-state index in [9.17, 15) is 4.79 Å². The first-order valence-corrected chi connectivity index (χ1v) is 7.47. The Morgan fingerprint density at radius 2 is 2.14 bits per heavy atom. The zero-order valence-electron chi connectivity index (χ0n) is 14.0. The smallest absolute Gasteiger partial charge is 0.254 e. The van der Waals surface area contributed by atoms with Crippen LogP contribution in [0.3, 0.4) is 0 Å². The zero-order valence-corrected chi connectivity index (χ0v) is 14.0. The van der Waals surface area contributed by atoms with Crippen LogP contribution in [0.1, 0.15) is 29.8 Å². The molecular weight excluding hydrogens is 282 g/mol. The minimum absolute atomic E-state index is 0.00391. The molecule has 0 radical (unpaired) electrons. The first-order chi connectivity index (χ1) is 10.4. The molecule has 0 unspecified atom stereocenters. The number of ether oxygens (including phenoxy) is 3. The summed E-state index contributed by atoms with van der Waals surface area (Å²) < 4.78 is 16.4. The Kier molecular flexibility index (Phi) is 5.08. The van der Waals surface area contributed by atoms with Crippen molar-refractivity contribution in [3.05, 3.63) is 29.3 Å². The number of carbonyl (C=O) groups is 1. The molecular formula is C17H25NO4. The van der Waals surface area contributed by atoms with Gasteiger partial charge in [0.05, 0.1) is 25.4 Å². The van der Waals surface area contributed by atoms with E-state index in [0.717, 1.165) is 11.3 Å². The summed E-state index contributed by atoms with van der Waals surface area (Å²) in [5, 5.41) is 0. The molecule has 1 aromatic carbocycles. The first kappa shape index (κ1) is 16.8. The molecule has 0 bridgehead atoms. The third-order valence-corrected chi connectivity index (χ3v) is 3.78. The van der Waals surface area contributed by atoms with Crippen molar-refractivity contribution in [1.82, 2.24) is 4.90 Å². The summed E-state index contributed by atoms with van der Waals surface area (Å²) in [6, 6.07) is 5.55. The van der Waals surface area contributed by atoms with Gasteiger partial charge in [-0.25, -0.2) is 0 Å². The fourth-order valence-corrected chi connectivity index (χ4v) is 2.86. The lowest BCUT2D eigenvalue weighted by atomic mass is 10.0. The van der Waals surface area contributed by atoms with E-state index in [2.05, 4.69) is 0 Å². The molecule has 1 heterocycles. The Bertz CT molecular complexity index is 541. The van der Waals surface area contributed by atoms with Crippen LogP contribution in [0.15, 0.2) is 18.2 Å². The van der Waals surface area contributed by atoms with Crippen molar-refractivity contribution < 1.29 is 19.0 Å². The second-order valence-corrected chi connectivity index (χ2v) is 6.32. The van der Waals surface area contributed by atoms with Crippen LogP contribution in [-0.2, 0) is 9.47 Å². The minimum atomic E-state index is -0.383. The van der Waals surface area contributed by atoms with E-state index in [4.69, 9.17) is 14.2 Å². The molecule has 1 aromatic rings. The highest BCUT2D eigenvalue weighted by Gasteiger charge is 2.36. The van der Waals surface area contributed by atoms with Crippen LogP contribution >= 0.6 is 0 Å². The van der Waals surface area contributed by atoms with Gasteiger partial charge < -0.3 is 19.1 Å². The van der Waals surface area contributed by atoms with Gasteiger partial charge in [0.2, 0.25) is 0 Å². The third-order valence-electron chi connectivity index (χ3n) is 3.78. The maximum absolute atomic E-state index is 12.8. The molecule has 1 saturated heterocycles. The molecule has 1 fully saturated rings. The van der Waals surface area contributed by atoms with E-state index in [1.54, 1.807) is 20.3 Å². The Balaban J connectivity index is 2.20. The van der Waals surface area contributed by atoms with Crippen molar-refractivity contribution in [2.24, 2.45) is 0 Å². The lowest BCUT2D eigenvalue weighted by Crippen LogP contribution is -2.55. The predicted molar refractivity (Wildman–Crippen MR) is 84.5 cm³/mol. The zero-order chi connectivity index (χ0) is 16.3. The van der Waals surface area contributed by atoms with E-state index in [-0.39, 0.29) is 17.6 Å². The SMILES string of the molecule is COC[C@@H]1CN(C(=O)c2ccc(C)c(OC)c2)CC(C)(C)O1. The molecule has 1 amide bonds. The van der Waals surface area contributed by atoms with Crippen molar-refractivity contribution in [2.75, 3.05) is 33.9 Å². The molecule has 0 N–H and O–H groups in total. The summed E-state index contributed by atoms with van der Waals surface area (Å²) in [7, 11) is 3.25. The maximum atomic E-state index is 12.8. The van der Waals surface area contributed by atoms with Gasteiger partial charge in [-0.05, 0) is 38.5 Å². The quantitative estimate of drug-likeness (QED) is 0.856. The Labute approximate surface area is 132 Å². The fourth-order valence-electron chi connectivity index (χ4n) is 2.86. The highest BCUT2D eigenvalue weighted by molar-refractivity contribution is 5.95. The molecule has 0 aromatic heterocycles. The van der Waals surface area contributed by atoms with E-state index in [1.165, 1.54) is 0 Å². The molecule has 5 heteroatoms. The number of rotatable bonds is 4. The largest absolute Gasteiger partial charge is 0.496 e. The number of morpholine rings is 1. The lowest BCUT2D eigenvalue weighted by Gasteiger charge is -2.42. The summed E-state index contributed by atoms with van der Waals surface area (Å²) >= 11 is 0. The topological polar surface area (TPSA) is 48.0 Å². The highest BCUT2D eigenvalue weighted by atomic mass is 16.5. The minimum Gasteiger partial charge on any atom is -0.496 e. The van der Waals surface area contributed by atoms with Crippen LogP contribution in [0.4, 0.5) is 0 Å². The molecule has 1 aliphatic heterocycles. The lowest BCUT2D eigenvalue weighted by molar-refractivity contribution is -0.143. The standard InChI is InChI=1S/C17H25NO4/c1-12-6-7-13(8-15(12)21-5)16(19)18-9-14(10-20-4)22-17(2,3)11-18/h6-8,14H,9-11H2,1-5H3/t14-/m0/s1. The Hall–Kier alpha value is -1.59. The molecule has 0 aliphatic carbocycles. The van der Waals surface area contributed by atoms with Gasteiger partial charge in [0.25, 0.3) is 5.91 Å². The van der Waals surface area contributed by atoms with E-state index in [0.29, 0.717) is 25.3 Å². The van der Waals surface area contributed by atoms with Gasteiger partial charge >= 0.3 is 0 Å². The van der Waals surface area contributed by atoms with Crippen LogP contribution < -0.4 is 4.74 Å². The third kappa shape index (κ3) is 3.78. The number of nitrogens with zero attached hydrogens (tertiary/aromatic N) is 1. The number of hydrogen-bond donors (Lipinski definition) is 0. The van der Waals surface area contributed by atoms with Gasteiger partial charge in [0.15, 0.2) is 0 Å². The first-order valence-electron chi connectivity index (χ1n) is 7.47. The number of amides is 1. The average Bonchev–Trinajstić information content (AvgIpc) is 2.45. The van der Waals surface area contributed by atoms with Gasteiger partial charge in [-0.3, -0.25) is 4.79 Å². The number of methoxy groups -OCH3 is 2. The van der Waals surface area contributed by atoms with Gasteiger partial charge in [-0.2, -0.15) is 0 Å². The number of aryl methyl sites for hydroxylation is 1. The Morgan fingerprint density at radius 3 is 2.77 bits per heavy atom. The van der Waals surface area contributed by atoms with Crippen LogP contribution in [-0.4, -0.2) is 56.4 Å². The molecule has 0 saturated carbocycles. The average molecular weight is 307 g/mol. The molecule has 22 heavy (non-hydrogen) atoms. The van der Waals surface area contributed by atoms with Gasteiger partial charge in [-0.1, -0.05) is 6.07 Å². The Morgan fingerprint density at radius 1 is 1.41 bits per heavy atom. The molecule has 2 rings (SSSR count). The predicted octanol–water partition coefficient (Wildman–Crippen LogP) is 2.27. The van der Waals surface area contributed by atoms with Gasteiger partial charge in [0, 0.05) is 25.8 Å². The van der Waals surface area contributed by atoms with E-state index < -0.39 is 0 Å². The molecule has 1 aliphatic rings. The van der Waals surface area contributed by atoms with Crippen molar-refractivity contribution in [2.45, 2.75) is 32.5 Å².